The fraction of sp³-hybridized carbons (Fsp3) is 0.167. The summed E-state index contributed by atoms with van der Waals surface area (Å²) in [7, 11) is -2.38. The molecule has 0 bridgehead atoms. The molecule has 0 amide bonds. The topological polar surface area (TPSA) is 94.7 Å². The van der Waals surface area contributed by atoms with Gasteiger partial charge in [0.25, 0.3) is 10.0 Å². The zero-order valence-electron chi connectivity index (χ0n) is 15.7. The second-order valence-electron chi connectivity index (χ2n) is 6.65. The smallest absolute Gasteiger partial charge is 0.277 e. The molecule has 0 saturated carbocycles. The number of aromatic nitrogens is 5. The van der Waals surface area contributed by atoms with Crippen molar-refractivity contribution in [3.8, 4) is 5.82 Å². The Kier molecular flexibility index (Phi) is 4.53. The van der Waals surface area contributed by atoms with Gasteiger partial charge in [0.2, 0.25) is 0 Å². The van der Waals surface area contributed by atoms with Crippen molar-refractivity contribution in [2.45, 2.75) is 18.0 Å². The Morgan fingerprint density at radius 2 is 1.87 bits per heavy atom. The van der Waals surface area contributed by atoms with Crippen molar-refractivity contribution in [2.24, 2.45) is 7.05 Å². The number of benzene rings is 1. The molecule has 0 radical (unpaired) electrons. The van der Waals surface area contributed by atoms with E-state index in [1.54, 1.807) is 24.0 Å². The molecule has 12 heteroatoms. The summed E-state index contributed by atoms with van der Waals surface area (Å²) < 4.78 is 69.5. The van der Waals surface area contributed by atoms with Gasteiger partial charge in [-0.15, -0.1) is 0 Å². The monoisotopic (exact) mass is 436 g/mol. The van der Waals surface area contributed by atoms with Crippen molar-refractivity contribution in [2.75, 3.05) is 4.72 Å². The number of pyridine rings is 1. The Balaban J connectivity index is 1.70. The SMILES string of the molecule is Cc1cc(NS(=O)(=O)c2cnn(-c3cc(C(F)(F)F)ccn3)c2)c2c(cnn2C)c1. The highest BCUT2D eigenvalue weighted by atomic mass is 32.2. The van der Waals surface area contributed by atoms with E-state index in [-0.39, 0.29) is 10.7 Å². The van der Waals surface area contributed by atoms with Crippen LogP contribution in [0.3, 0.4) is 0 Å². The Labute approximate surface area is 169 Å². The summed E-state index contributed by atoms with van der Waals surface area (Å²) in [6, 6.07) is 5.15. The molecule has 4 aromatic rings. The Bertz CT molecular complexity index is 1360. The predicted octanol–water partition coefficient (Wildman–Crippen LogP) is 3.28. The minimum absolute atomic E-state index is 0.157. The summed E-state index contributed by atoms with van der Waals surface area (Å²) >= 11 is 0. The molecule has 0 aliphatic rings. The maximum Gasteiger partial charge on any atom is 0.416 e. The molecule has 0 aliphatic carbocycles. The molecular weight excluding hydrogens is 421 g/mol. The van der Waals surface area contributed by atoms with Crippen LogP contribution in [0, 0.1) is 6.92 Å². The Morgan fingerprint density at radius 1 is 1.10 bits per heavy atom. The standard InChI is InChI=1S/C18H15F3N6O2S/c1-11-5-12-8-23-26(2)17(12)15(6-11)25-30(28,29)14-9-24-27(10-14)16-7-13(3-4-22-16)18(19,20)21/h3-10,25H,1-2H3. The second kappa shape index (κ2) is 6.83. The molecule has 3 heterocycles. The molecule has 0 saturated heterocycles. The van der Waals surface area contributed by atoms with E-state index in [4.69, 9.17) is 0 Å². The number of alkyl halides is 3. The van der Waals surface area contributed by atoms with Crippen LogP contribution >= 0.6 is 0 Å². The molecule has 4 rings (SSSR count). The van der Waals surface area contributed by atoms with Gasteiger partial charge < -0.3 is 0 Å². The number of aryl methyl sites for hydroxylation is 2. The van der Waals surface area contributed by atoms with Crippen LogP contribution in [-0.2, 0) is 23.2 Å². The first-order chi connectivity index (χ1) is 14.0. The van der Waals surface area contributed by atoms with E-state index in [2.05, 4.69) is 19.9 Å². The van der Waals surface area contributed by atoms with Gasteiger partial charge in [0, 0.05) is 18.6 Å². The van der Waals surface area contributed by atoms with Crippen LogP contribution in [0.25, 0.3) is 16.7 Å². The number of halogens is 3. The molecule has 0 atom stereocenters. The molecule has 30 heavy (non-hydrogen) atoms. The lowest BCUT2D eigenvalue weighted by atomic mass is 10.1. The molecule has 3 aromatic heterocycles. The summed E-state index contributed by atoms with van der Waals surface area (Å²) in [4.78, 5) is 3.61. The summed E-state index contributed by atoms with van der Waals surface area (Å²) in [6.45, 7) is 1.82. The lowest BCUT2D eigenvalue weighted by molar-refractivity contribution is -0.137. The molecule has 156 valence electrons. The summed E-state index contributed by atoms with van der Waals surface area (Å²) in [5.41, 5.74) is 0.840. The minimum Gasteiger partial charge on any atom is -0.277 e. The normalized spacial score (nSPS) is 12.4. The maximum atomic E-state index is 12.9. The first-order valence-electron chi connectivity index (χ1n) is 8.58. The third-order valence-electron chi connectivity index (χ3n) is 4.40. The van der Waals surface area contributed by atoms with Gasteiger partial charge in [-0.2, -0.15) is 23.4 Å². The molecule has 0 spiro atoms. The van der Waals surface area contributed by atoms with Gasteiger partial charge >= 0.3 is 6.18 Å². The van der Waals surface area contributed by atoms with E-state index in [1.807, 2.05) is 13.0 Å². The summed E-state index contributed by atoms with van der Waals surface area (Å²) in [5, 5.41) is 8.76. The number of nitrogens with one attached hydrogen (secondary N) is 1. The summed E-state index contributed by atoms with van der Waals surface area (Å²) in [5.74, 6) is -0.157. The van der Waals surface area contributed by atoms with Crippen molar-refractivity contribution in [3.05, 3.63) is 60.2 Å². The molecular formula is C18H15F3N6O2S. The lowest BCUT2D eigenvalue weighted by Gasteiger charge is -2.10. The quantitative estimate of drug-likeness (QED) is 0.530. The number of fused-ring (bicyclic) bond motifs is 1. The van der Waals surface area contributed by atoms with Gasteiger partial charge in [-0.1, -0.05) is 0 Å². The van der Waals surface area contributed by atoms with Gasteiger partial charge in [-0.05, 0) is 36.8 Å². The van der Waals surface area contributed by atoms with E-state index < -0.39 is 21.8 Å². The fourth-order valence-electron chi connectivity index (χ4n) is 3.04. The average Bonchev–Trinajstić information content (AvgIpc) is 3.29. The number of hydrogen-bond donors (Lipinski definition) is 1. The van der Waals surface area contributed by atoms with E-state index in [0.717, 1.165) is 46.4 Å². The molecule has 1 aromatic carbocycles. The third-order valence-corrected chi connectivity index (χ3v) is 5.72. The maximum absolute atomic E-state index is 12.9. The van der Waals surface area contributed by atoms with Crippen LogP contribution in [0.2, 0.25) is 0 Å². The van der Waals surface area contributed by atoms with Crippen LogP contribution in [0.15, 0.2) is 53.9 Å². The number of sulfonamides is 1. The van der Waals surface area contributed by atoms with Gasteiger partial charge in [-0.25, -0.2) is 18.1 Å². The van der Waals surface area contributed by atoms with Crippen LogP contribution in [-0.4, -0.2) is 33.0 Å². The zero-order valence-corrected chi connectivity index (χ0v) is 16.5. The largest absolute Gasteiger partial charge is 0.416 e. The Hall–Kier alpha value is -3.41. The van der Waals surface area contributed by atoms with Crippen molar-refractivity contribution in [1.29, 1.82) is 0 Å². The molecule has 1 N–H and O–H groups in total. The molecule has 0 fully saturated rings. The minimum atomic E-state index is -4.55. The Morgan fingerprint density at radius 3 is 2.60 bits per heavy atom. The van der Waals surface area contributed by atoms with E-state index in [0.29, 0.717) is 11.2 Å². The fourth-order valence-corrected chi connectivity index (χ4v) is 4.03. The highest BCUT2D eigenvalue weighted by Crippen LogP contribution is 2.30. The first kappa shape index (κ1) is 19.9. The lowest BCUT2D eigenvalue weighted by Crippen LogP contribution is -2.13. The predicted molar refractivity (Wildman–Crippen MR) is 103 cm³/mol. The average molecular weight is 436 g/mol. The van der Waals surface area contributed by atoms with E-state index in [1.165, 1.54) is 0 Å². The third kappa shape index (κ3) is 3.61. The van der Waals surface area contributed by atoms with Gasteiger partial charge in [0.15, 0.2) is 5.82 Å². The van der Waals surface area contributed by atoms with Crippen LogP contribution in [0.4, 0.5) is 18.9 Å². The number of anilines is 1. The van der Waals surface area contributed by atoms with Crippen LogP contribution in [0.1, 0.15) is 11.1 Å². The summed E-state index contributed by atoms with van der Waals surface area (Å²) in [6.07, 6.45) is 0.193. The highest BCUT2D eigenvalue weighted by Gasteiger charge is 2.31. The molecule has 0 unspecified atom stereocenters. The van der Waals surface area contributed by atoms with Crippen molar-refractivity contribution >= 4 is 26.6 Å². The van der Waals surface area contributed by atoms with E-state index >= 15 is 0 Å². The van der Waals surface area contributed by atoms with Crippen molar-refractivity contribution in [3.63, 3.8) is 0 Å². The highest BCUT2D eigenvalue weighted by molar-refractivity contribution is 7.92. The number of hydrogen-bond acceptors (Lipinski definition) is 5. The van der Waals surface area contributed by atoms with E-state index in [9.17, 15) is 21.6 Å². The van der Waals surface area contributed by atoms with Crippen LogP contribution in [0.5, 0.6) is 0 Å². The molecule has 0 aliphatic heterocycles. The van der Waals surface area contributed by atoms with Crippen molar-refractivity contribution < 1.29 is 21.6 Å². The zero-order chi connectivity index (χ0) is 21.7. The van der Waals surface area contributed by atoms with Gasteiger partial charge in [0.1, 0.15) is 4.90 Å². The van der Waals surface area contributed by atoms with Crippen LogP contribution < -0.4 is 4.72 Å². The van der Waals surface area contributed by atoms with Gasteiger partial charge in [-0.3, -0.25) is 9.40 Å². The van der Waals surface area contributed by atoms with Crippen molar-refractivity contribution in [1.82, 2.24) is 24.5 Å². The second-order valence-corrected chi connectivity index (χ2v) is 8.33. The first-order valence-corrected chi connectivity index (χ1v) is 10.1. The number of rotatable bonds is 4. The van der Waals surface area contributed by atoms with Gasteiger partial charge in [0.05, 0.1) is 35.4 Å². The molecule has 8 nitrogen and oxygen atoms in total. The number of nitrogens with zero attached hydrogens (tertiary/aromatic N) is 5.